The van der Waals surface area contributed by atoms with Gasteiger partial charge in [0, 0.05) is 23.0 Å². The van der Waals surface area contributed by atoms with Gasteiger partial charge in [0.1, 0.15) is 0 Å². The predicted octanol–water partition coefficient (Wildman–Crippen LogP) is 2.80. The maximum Gasteiger partial charge on any atom is 0.251 e. The Kier molecular flexibility index (Phi) is 3.21. The topological polar surface area (TPSA) is 57.8 Å². The highest BCUT2D eigenvalue weighted by molar-refractivity contribution is 5.97. The van der Waals surface area contributed by atoms with Crippen molar-refractivity contribution in [1.29, 1.82) is 0 Å². The Morgan fingerprint density at radius 2 is 2.15 bits per heavy atom. The second-order valence-corrected chi connectivity index (χ2v) is 4.73. The lowest BCUT2D eigenvalue weighted by Crippen LogP contribution is -2.23. The van der Waals surface area contributed by atoms with Gasteiger partial charge < -0.3 is 10.3 Å². The molecule has 3 rings (SSSR count). The fourth-order valence-corrected chi connectivity index (χ4v) is 2.16. The minimum Gasteiger partial charge on any atom is -0.361 e. The summed E-state index contributed by atoms with van der Waals surface area (Å²) in [6.07, 6.45) is 1.86. The van der Waals surface area contributed by atoms with Gasteiger partial charge in [0.25, 0.3) is 5.91 Å². The molecule has 20 heavy (non-hydrogen) atoms. The highest BCUT2D eigenvalue weighted by atomic mass is 16.1. The van der Waals surface area contributed by atoms with E-state index in [-0.39, 0.29) is 5.91 Å². The fourth-order valence-electron chi connectivity index (χ4n) is 2.16. The number of hydrogen-bond donors (Lipinski definition) is 2. The molecule has 4 heteroatoms. The molecule has 0 aliphatic rings. The van der Waals surface area contributed by atoms with E-state index in [0.29, 0.717) is 12.1 Å². The van der Waals surface area contributed by atoms with Crippen LogP contribution in [0.2, 0.25) is 0 Å². The molecule has 0 unspecified atom stereocenters. The number of carbonyl (C=O) groups excluding carboxylic acids is 1. The SMILES string of the molecule is Cc1cccc(CNC(=O)c2ccc3cc[nH]c3c2)n1. The number of fused-ring (bicyclic) bond motifs is 1. The number of hydrogen-bond acceptors (Lipinski definition) is 2. The van der Waals surface area contributed by atoms with Crippen LogP contribution in [0.3, 0.4) is 0 Å². The van der Waals surface area contributed by atoms with Gasteiger partial charge >= 0.3 is 0 Å². The van der Waals surface area contributed by atoms with E-state index < -0.39 is 0 Å². The van der Waals surface area contributed by atoms with E-state index in [1.807, 2.05) is 55.6 Å². The van der Waals surface area contributed by atoms with Crippen molar-refractivity contribution in [2.24, 2.45) is 0 Å². The summed E-state index contributed by atoms with van der Waals surface area (Å²) in [4.78, 5) is 19.6. The summed E-state index contributed by atoms with van der Waals surface area (Å²) in [5, 5.41) is 3.98. The second-order valence-electron chi connectivity index (χ2n) is 4.73. The van der Waals surface area contributed by atoms with E-state index in [9.17, 15) is 4.79 Å². The van der Waals surface area contributed by atoms with Crippen LogP contribution < -0.4 is 5.32 Å². The zero-order valence-corrected chi connectivity index (χ0v) is 11.2. The summed E-state index contributed by atoms with van der Waals surface area (Å²) < 4.78 is 0. The molecule has 1 aromatic carbocycles. The number of nitrogens with one attached hydrogen (secondary N) is 2. The Labute approximate surface area is 116 Å². The van der Waals surface area contributed by atoms with Crippen LogP contribution in [0.4, 0.5) is 0 Å². The monoisotopic (exact) mass is 265 g/mol. The average Bonchev–Trinajstić information content (AvgIpc) is 2.92. The number of benzene rings is 1. The quantitative estimate of drug-likeness (QED) is 0.765. The van der Waals surface area contributed by atoms with Gasteiger partial charge in [-0.3, -0.25) is 9.78 Å². The third-order valence-corrected chi connectivity index (χ3v) is 3.19. The first-order valence-electron chi connectivity index (χ1n) is 6.50. The Hall–Kier alpha value is -2.62. The van der Waals surface area contributed by atoms with E-state index in [4.69, 9.17) is 0 Å². The standard InChI is InChI=1S/C16H15N3O/c1-11-3-2-4-14(19-11)10-18-16(20)13-6-5-12-7-8-17-15(12)9-13/h2-9,17H,10H2,1H3,(H,18,20). The summed E-state index contributed by atoms with van der Waals surface area (Å²) in [5.41, 5.74) is 3.42. The van der Waals surface area contributed by atoms with Crippen LogP contribution in [0, 0.1) is 6.92 Å². The fraction of sp³-hybridized carbons (Fsp3) is 0.125. The third kappa shape index (κ3) is 2.54. The minimum atomic E-state index is -0.0928. The summed E-state index contributed by atoms with van der Waals surface area (Å²) in [5.74, 6) is -0.0928. The largest absolute Gasteiger partial charge is 0.361 e. The van der Waals surface area contributed by atoms with Gasteiger partial charge in [-0.05, 0) is 42.6 Å². The van der Waals surface area contributed by atoms with Gasteiger partial charge in [0.2, 0.25) is 0 Å². The van der Waals surface area contributed by atoms with Crippen LogP contribution in [0.1, 0.15) is 21.7 Å². The summed E-state index contributed by atoms with van der Waals surface area (Å²) in [6.45, 7) is 2.37. The van der Waals surface area contributed by atoms with E-state index in [2.05, 4.69) is 15.3 Å². The van der Waals surface area contributed by atoms with Crippen LogP contribution in [0.5, 0.6) is 0 Å². The van der Waals surface area contributed by atoms with Gasteiger partial charge in [0.15, 0.2) is 0 Å². The first-order chi connectivity index (χ1) is 9.72. The molecule has 0 saturated carbocycles. The van der Waals surface area contributed by atoms with Crippen molar-refractivity contribution < 1.29 is 4.79 Å². The highest BCUT2D eigenvalue weighted by Crippen LogP contribution is 2.14. The van der Waals surface area contributed by atoms with E-state index in [1.165, 1.54) is 0 Å². The first kappa shape index (κ1) is 12.4. The molecule has 0 radical (unpaired) electrons. The number of carbonyl (C=O) groups is 1. The molecule has 0 atom stereocenters. The maximum atomic E-state index is 12.1. The molecule has 0 fully saturated rings. The highest BCUT2D eigenvalue weighted by Gasteiger charge is 2.07. The second kappa shape index (κ2) is 5.17. The number of nitrogens with zero attached hydrogens (tertiary/aromatic N) is 1. The van der Waals surface area contributed by atoms with Crippen molar-refractivity contribution in [1.82, 2.24) is 15.3 Å². The molecule has 4 nitrogen and oxygen atoms in total. The molecule has 0 aliphatic heterocycles. The average molecular weight is 265 g/mol. The number of aromatic nitrogens is 2. The van der Waals surface area contributed by atoms with Gasteiger partial charge in [0.05, 0.1) is 12.2 Å². The normalized spacial score (nSPS) is 10.7. The molecular weight excluding hydrogens is 250 g/mol. The Morgan fingerprint density at radius 3 is 3.00 bits per heavy atom. The maximum absolute atomic E-state index is 12.1. The molecule has 100 valence electrons. The lowest BCUT2D eigenvalue weighted by Gasteiger charge is -2.05. The van der Waals surface area contributed by atoms with Gasteiger partial charge in [-0.25, -0.2) is 0 Å². The summed E-state index contributed by atoms with van der Waals surface area (Å²) in [7, 11) is 0. The third-order valence-electron chi connectivity index (χ3n) is 3.19. The van der Waals surface area contributed by atoms with Crippen molar-refractivity contribution in [3.05, 3.63) is 65.6 Å². The molecule has 2 aromatic heterocycles. The van der Waals surface area contributed by atoms with Crippen molar-refractivity contribution in [2.45, 2.75) is 13.5 Å². The molecule has 0 saturated heterocycles. The zero-order valence-electron chi connectivity index (χ0n) is 11.2. The summed E-state index contributed by atoms with van der Waals surface area (Å²) >= 11 is 0. The van der Waals surface area contributed by atoms with E-state index >= 15 is 0 Å². The van der Waals surface area contributed by atoms with Gasteiger partial charge in [-0.2, -0.15) is 0 Å². The number of pyridine rings is 1. The number of aryl methyl sites for hydroxylation is 1. The zero-order chi connectivity index (χ0) is 13.9. The van der Waals surface area contributed by atoms with Crippen molar-refractivity contribution in [3.63, 3.8) is 0 Å². The molecule has 0 spiro atoms. The number of amides is 1. The molecule has 3 aromatic rings. The van der Waals surface area contributed by atoms with Crippen LogP contribution in [-0.2, 0) is 6.54 Å². The van der Waals surface area contributed by atoms with Crippen LogP contribution in [-0.4, -0.2) is 15.9 Å². The number of aromatic amines is 1. The van der Waals surface area contributed by atoms with Crippen molar-refractivity contribution in [3.8, 4) is 0 Å². The van der Waals surface area contributed by atoms with Gasteiger partial charge in [-0.15, -0.1) is 0 Å². The summed E-state index contributed by atoms with van der Waals surface area (Å²) in [6, 6.07) is 13.4. The van der Waals surface area contributed by atoms with Crippen molar-refractivity contribution >= 4 is 16.8 Å². The predicted molar refractivity (Wildman–Crippen MR) is 78.4 cm³/mol. The minimum absolute atomic E-state index is 0.0928. The van der Waals surface area contributed by atoms with Crippen molar-refractivity contribution in [2.75, 3.05) is 0 Å². The molecule has 2 heterocycles. The van der Waals surface area contributed by atoms with Crippen LogP contribution in [0.25, 0.3) is 10.9 Å². The lowest BCUT2D eigenvalue weighted by molar-refractivity contribution is 0.0950. The number of rotatable bonds is 3. The first-order valence-corrected chi connectivity index (χ1v) is 6.50. The molecule has 0 aliphatic carbocycles. The molecule has 2 N–H and O–H groups in total. The Morgan fingerprint density at radius 1 is 1.25 bits per heavy atom. The molecular formula is C16H15N3O. The Balaban J connectivity index is 1.72. The van der Waals surface area contributed by atoms with E-state index in [0.717, 1.165) is 22.3 Å². The Bertz CT molecular complexity index is 761. The van der Waals surface area contributed by atoms with Crippen LogP contribution in [0.15, 0.2) is 48.7 Å². The van der Waals surface area contributed by atoms with Crippen LogP contribution >= 0.6 is 0 Å². The van der Waals surface area contributed by atoms with Gasteiger partial charge in [-0.1, -0.05) is 12.1 Å². The van der Waals surface area contributed by atoms with E-state index in [1.54, 1.807) is 0 Å². The molecule has 0 bridgehead atoms. The smallest absolute Gasteiger partial charge is 0.251 e. The number of H-pyrrole nitrogens is 1. The lowest BCUT2D eigenvalue weighted by atomic mass is 10.1. The molecule has 1 amide bonds.